The Bertz CT molecular complexity index is 491. The first-order valence-corrected chi connectivity index (χ1v) is 7.51. The van der Waals surface area contributed by atoms with Crippen molar-refractivity contribution >= 4 is 28.5 Å². The molecule has 20 heavy (non-hydrogen) atoms. The third-order valence-corrected chi connectivity index (χ3v) is 4.79. The van der Waals surface area contributed by atoms with E-state index in [0.717, 1.165) is 15.6 Å². The van der Waals surface area contributed by atoms with E-state index in [4.69, 9.17) is 14.0 Å². The summed E-state index contributed by atoms with van der Waals surface area (Å²) in [7, 11) is 1.27. The van der Waals surface area contributed by atoms with Crippen molar-refractivity contribution in [3.05, 3.63) is 22.4 Å². The fourth-order valence-corrected chi connectivity index (χ4v) is 2.67. The van der Waals surface area contributed by atoms with Gasteiger partial charge in [0, 0.05) is 23.2 Å². The van der Waals surface area contributed by atoms with Crippen LogP contribution in [0.1, 0.15) is 46.4 Å². The van der Waals surface area contributed by atoms with Crippen LogP contribution in [0.15, 0.2) is 16.7 Å². The van der Waals surface area contributed by atoms with E-state index < -0.39 is 7.12 Å². The molecule has 0 aromatic carbocycles. The Morgan fingerprint density at radius 2 is 1.80 bits per heavy atom. The molecule has 1 aliphatic rings. The Hall–Kier alpha value is -0.425. The van der Waals surface area contributed by atoms with Crippen molar-refractivity contribution in [3.63, 3.8) is 0 Å². The Morgan fingerprint density at radius 3 is 2.25 bits per heavy atom. The predicted molar refractivity (Wildman–Crippen MR) is 83.1 cm³/mol. The van der Waals surface area contributed by atoms with Crippen molar-refractivity contribution in [3.8, 4) is 0 Å². The molecule has 1 atom stereocenters. The summed E-state index contributed by atoms with van der Waals surface area (Å²) in [6, 6.07) is 1.99. The molecule has 4 nitrogen and oxygen atoms in total. The molecule has 0 radical (unpaired) electrons. The largest absolute Gasteiger partial charge is 0.496 e. The van der Waals surface area contributed by atoms with Gasteiger partial charge in [-0.1, -0.05) is 0 Å². The van der Waals surface area contributed by atoms with Crippen LogP contribution >= 0.6 is 15.9 Å². The van der Waals surface area contributed by atoms with Crippen LogP contribution in [0, 0.1) is 0 Å². The van der Waals surface area contributed by atoms with E-state index in [1.807, 2.05) is 40.7 Å². The normalized spacial score (nSPS) is 22.1. The average Bonchev–Trinajstić information content (AvgIpc) is 2.57. The fourth-order valence-electron chi connectivity index (χ4n) is 1.98. The predicted octanol–water partition coefficient (Wildman–Crippen LogP) is 2.85. The number of ether oxygens (including phenoxy) is 1. The summed E-state index contributed by atoms with van der Waals surface area (Å²) < 4.78 is 18.2. The molecule has 0 saturated carbocycles. The van der Waals surface area contributed by atoms with E-state index in [1.54, 1.807) is 13.3 Å². The van der Waals surface area contributed by atoms with Gasteiger partial charge in [-0.25, -0.2) is 0 Å². The number of nitrogens with zero attached hydrogens (tertiary/aromatic N) is 1. The van der Waals surface area contributed by atoms with Crippen molar-refractivity contribution in [1.29, 1.82) is 0 Å². The first-order valence-electron chi connectivity index (χ1n) is 6.72. The molecule has 2 rings (SSSR count). The highest BCUT2D eigenvalue weighted by atomic mass is 79.9. The minimum atomic E-state index is -0.393. The summed E-state index contributed by atoms with van der Waals surface area (Å²) in [6.45, 7) is 10.1. The SMILES string of the molecule is CO[C@@H](C)c1ncc(B2OC(C)(C)C(C)(C)O2)cc1Br. The highest BCUT2D eigenvalue weighted by Gasteiger charge is 2.51. The van der Waals surface area contributed by atoms with Crippen LogP contribution in [0.3, 0.4) is 0 Å². The molecule has 0 aliphatic carbocycles. The molecule has 0 bridgehead atoms. The summed E-state index contributed by atoms with van der Waals surface area (Å²) >= 11 is 3.54. The lowest BCUT2D eigenvalue weighted by atomic mass is 9.80. The van der Waals surface area contributed by atoms with Crippen molar-refractivity contribution in [2.75, 3.05) is 7.11 Å². The van der Waals surface area contributed by atoms with Crippen molar-refractivity contribution in [2.24, 2.45) is 0 Å². The summed E-state index contributed by atoms with van der Waals surface area (Å²) in [5, 5.41) is 0. The quantitative estimate of drug-likeness (QED) is 0.793. The third kappa shape index (κ3) is 2.79. The number of halogens is 1. The topological polar surface area (TPSA) is 40.6 Å². The van der Waals surface area contributed by atoms with Gasteiger partial charge in [-0.05, 0) is 56.6 Å². The minimum absolute atomic E-state index is 0.0586. The van der Waals surface area contributed by atoms with Crippen LogP contribution in [0.2, 0.25) is 0 Å². The number of rotatable bonds is 3. The second-order valence-corrected chi connectivity index (χ2v) is 6.96. The van der Waals surface area contributed by atoms with Crippen LogP contribution < -0.4 is 5.46 Å². The van der Waals surface area contributed by atoms with Gasteiger partial charge in [0.2, 0.25) is 0 Å². The number of hydrogen-bond donors (Lipinski definition) is 0. The number of pyridine rings is 1. The highest BCUT2D eigenvalue weighted by Crippen LogP contribution is 2.36. The third-order valence-electron chi connectivity index (χ3n) is 4.15. The standard InChI is InChI=1S/C14H21BBrNO3/c1-9(18-6)12-11(16)7-10(8-17-12)15-19-13(2,3)14(4,5)20-15/h7-9H,1-6H3/t9-/m0/s1. The number of methoxy groups -OCH3 is 1. The van der Waals surface area contributed by atoms with E-state index in [9.17, 15) is 0 Å². The number of hydrogen-bond acceptors (Lipinski definition) is 4. The molecule has 1 aromatic heterocycles. The molecule has 0 spiro atoms. The summed E-state index contributed by atoms with van der Waals surface area (Å²) in [5.74, 6) is 0. The van der Waals surface area contributed by atoms with Crippen molar-refractivity contribution in [2.45, 2.75) is 51.9 Å². The van der Waals surface area contributed by atoms with E-state index in [0.29, 0.717) is 0 Å². The van der Waals surface area contributed by atoms with Crippen LogP contribution in [0.4, 0.5) is 0 Å². The molecule has 0 N–H and O–H groups in total. The molecule has 0 unspecified atom stereocenters. The average molecular weight is 342 g/mol. The van der Waals surface area contributed by atoms with Gasteiger partial charge >= 0.3 is 7.12 Å². The van der Waals surface area contributed by atoms with E-state index in [-0.39, 0.29) is 17.3 Å². The molecular formula is C14H21BBrNO3. The molecule has 1 aliphatic heterocycles. The molecule has 110 valence electrons. The van der Waals surface area contributed by atoms with Crippen molar-refractivity contribution < 1.29 is 14.0 Å². The summed E-state index contributed by atoms with van der Waals surface area (Å²) in [4.78, 5) is 4.46. The zero-order valence-corrected chi connectivity index (χ0v) is 14.4. The van der Waals surface area contributed by atoms with Gasteiger partial charge in [0.25, 0.3) is 0 Å². The Morgan fingerprint density at radius 1 is 1.25 bits per heavy atom. The van der Waals surface area contributed by atoms with Crippen molar-refractivity contribution in [1.82, 2.24) is 4.98 Å². The van der Waals surface area contributed by atoms with E-state index >= 15 is 0 Å². The Labute approximate surface area is 129 Å². The Kier molecular flexibility index (Phi) is 4.31. The molecule has 0 amide bonds. The van der Waals surface area contributed by atoms with E-state index in [1.165, 1.54) is 0 Å². The maximum absolute atomic E-state index is 6.02. The minimum Gasteiger partial charge on any atom is -0.399 e. The molecule has 2 heterocycles. The Balaban J connectivity index is 2.26. The van der Waals surface area contributed by atoms with Crippen LogP contribution in [0.5, 0.6) is 0 Å². The first kappa shape index (κ1) is 16.0. The highest BCUT2D eigenvalue weighted by molar-refractivity contribution is 9.10. The lowest BCUT2D eigenvalue weighted by molar-refractivity contribution is 0.00578. The maximum atomic E-state index is 6.02. The van der Waals surface area contributed by atoms with Crippen LogP contribution in [-0.2, 0) is 14.0 Å². The monoisotopic (exact) mass is 341 g/mol. The molecule has 1 aromatic rings. The smallest absolute Gasteiger partial charge is 0.399 e. The summed E-state index contributed by atoms with van der Waals surface area (Å²) in [6.07, 6.45) is 1.73. The first-order chi connectivity index (χ1) is 9.18. The fraction of sp³-hybridized carbons (Fsp3) is 0.643. The molecule has 1 fully saturated rings. The van der Waals surface area contributed by atoms with Gasteiger partial charge in [-0.3, -0.25) is 4.98 Å². The van der Waals surface area contributed by atoms with Crippen LogP contribution in [-0.4, -0.2) is 30.4 Å². The van der Waals surface area contributed by atoms with Gasteiger partial charge < -0.3 is 14.0 Å². The van der Waals surface area contributed by atoms with Gasteiger partial charge in [0.05, 0.1) is 23.0 Å². The lowest BCUT2D eigenvalue weighted by Crippen LogP contribution is -2.41. The van der Waals surface area contributed by atoms with Gasteiger partial charge in [-0.2, -0.15) is 0 Å². The second kappa shape index (κ2) is 5.41. The van der Waals surface area contributed by atoms with E-state index in [2.05, 4.69) is 20.9 Å². The number of aromatic nitrogens is 1. The maximum Gasteiger partial charge on any atom is 0.496 e. The lowest BCUT2D eigenvalue weighted by Gasteiger charge is -2.32. The zero-order valence-electron chi connectivity index (χ0n) is 12.9. The van der Waals surface area contributed by atoms with Gasteiger partial charge in [0.1, 0.15) is 0 Å². The zero-order chi connectivity index (χ0) is 15.1. The molecule has 1 saturated heterocycles. The second-order valence-electron chi connectivity index (χ2n) is 6.10. The molecule has 6 heteroatoms. The molecular weight excluding hydrogens is 321 g/mol. The van der Waals surface area contributed by atoms with Crippen LogP contribution in [0.25, 0.3) is 0 Å². The van der Waals surface area contributed by atoms with Gasteiger partial charge in [-0.15, -0.1) is 0 Å². The summed E-state index contributed by atoms with van der Waals surface area (Å²) in [5.41, 5.74) is 1.08. The van der Waals surface area contributed by atoms with Gasteiger partial charge in [0.15, 0.2) is 0 Å².